The first-order valence-corrected chi connectivity index (χ1v) is 12.0. The summed E-state index contributed by atoms with van der Waals surface area (Å²) in [6, 6.07) is 0.0104. The molecule has 5 rings (SSSR count). The van der Waals surface area contributed by atoms with E-state index in [1.165, 1.54) is 4.90 Å². The monoisotopic (exact) mass is 503 g/mol. The van der Waals surface area contributed by atoms with Gasteiger partial charge in [0, 0.05) is 6.04 Å². The van der Waals surface area contributed by atoms with Gasteiger partial charge in [0.25, 0.3) is 0 Å². The smallest absolute Gasteiger partial charge is 0.233 e. The topological polar surface area (TPSA) is 37.4 Å². The fourth-order valence-corrected chi connectivity index (χ4v) is 9.55. The van der Waals surface area contributed by atoms with Gasteiger partial charge in [0.2, 0.25) is 11.8 Å². The number of amides is 2. The number of alkyl halides is 4. The number of allylic oxidation sites excluding steroid dienone is 2. The molecular formula is C19H19Cl6NO2. The van der Waals surface area contributed by atoms with Crippen molar-refractivity contribution in [2.45, 2.75) is 65.1 Å². The maximum Gasteiger partial charge on any atom is 0.233 e. The van der Waals surface area contributed by atoms with Gasteiger partial charge in [-0.2, -0.15) is 0 Å². The van der Waals surface area contributed by atoms with Crippen molar-refractivity contribution in [2.75, 3.05) is 0 Å². The number of nitrogens with zero attached hydrogens (tertiary/aromatic N) is 1. The van der Waals surface area contributed by atoms with Crippen molar-refractivity contribution >= 4 is 81.4 Å². The molecule has 0 spiro atoms. The average molecular weight is 506 g/mol. The van der Waals surface area contributed by atoms with Gasteiger partial charge in [-0.05, 0) is 37.5 Å². The van der Waals surface area contributed by atoms with Gasteiger partial charge in [-0.15, -0.1) is 23.2 Å². The van der Waals surface area contributed by atoms with Crippen molar-refractivity contribution in [1.82, 2.24) is 4.90 Å². The lowest BCUT2D eigenvalue weighted by molar-refractivity contribution is -0.143. The molecule has 154 valence electrons. The predicted octanol–water partition coefficient (Wildman–Crippen LogP) is 5.79. The molecule has 4 fully saturated rings. The molecule has 0 aromatic rings. The van der Waals surface area contributed by atoms with Crippen molar-refractivity contribution in [3.8, 4) is 0 Å². The Labute approximate surface area is 193 Å². The molecule has 2 amide bonds. The van der Waals surface area contributed by atoms with Crippen LogP contribution in [0.1, 0.15) is 44.9 Å². The SMILES string of the molecule is O=C1[C@@H]2C[C@@H]3[C@@H](C[C@H]2C(=O)N1C1CCCCC1)[C@@]1(Cl)C(Cl)=C(Cl)[C@@]3(Cl)C1(Cl)Cl. The van der Waals surface area contributed by atoms with E-state index in [1.807, 2.05) is 0 Å². The van der Waals surface area contributed by atoms with E-state index in [1.54, 1.807) is 0 Å². The number of imide groups is 1. The van der Waals surface area contributed by atoms with Crippen LogP contribution in [0.5, 0.6) is 0 Å². The van der Waals surface area contributed by atoms with Crippen LogP contribution in [0.2, 0.25) is 0 Å². The van der Waals surface area contributed by atoms with E-state index >= 15 is 0 Å². The minimum absolute atomic E-state index is 0.0104. The molecular weight excluding hydrogens is 487 g/mol. The molecule has 3 nitrogen and oxygen atoms in total. The van der Waals surface area contributed by atoms with Crippen LogP contribution >= 0.6 is 69.6 Å². The third kappa shape index (κ3) is 2.13. The standard InChI is InChI=1S/C19H19Cl6NO2/c20-13-14(21)18(23)12-7-10-9(6-11(12)17(13,22)19(18,24)25)15(27)26(16(10)28)8-4-2-1-3-5-8/h8-12H,1-7H2/t9-,10-,11-,12-,17-,18-/m1/s1. The number of fused-ring (bicyclic) bond motifs is 6. The Balaban J connectivity index is 1.52. The highest BCUT2D eigenvalue weighted by atomic mass is 35.5. The number of halogens is 6. The Bertz CT molecular complexity index is 754. The Kier molecular flexibility index (Phi) is 4.64. The molecule has 4 aliphatic carbocycles. The summed E-state index contributed by atoms with van der Waals surface area (Å²) in [5.41, 5.74) is 0. The number of hydrogen-bond donors (Lipinski definition) is 0. The Morgan fingerprint density at radius 3 is 1.61 bits per heavy atom. The molecule has 9 heteroatoms. The van der Waals surface area contributed by atoms with Gasteiger partial charge >= 0.3 is 0 Å². The van der Waals surface area contributed by atoms with Crippen LogP contribution in [-0.4, -0.2) is 36.8 Å². The fraction of sp³-hybridized carbons (Fsp3) is 0.789. The molecule has 0 unspecified atom stereocenters. The van der Waals surface area contributed by atoms with E-state index < -0.39 is 25.9 Å². The van der Waals surface area contributed by atoms with Crippen LogP contribution in [0.3, 0.4) is 0 Å². The maximum absolute atomic E-state index is 13.2. The summed E-state index contributed by atoms with van der Waals surface area (Å²) in [7, 11) is 0. The van der Waals surface area contributed by atoms with E-state index in [0.717, 1.165) is 32.1 Å². The second-order valence-corrected chi connectivity index (χ2v) is 12.1. The summed E-state index contributed by atoms with van der Waals surface area (Å²) in [6.07, 6.45) is 5.81. The summed E-state index contributed by atoms with van der Waals surface area (Å²) < 4.78 is -1.61. The van der Waals surface area contributed by atoms with E-state index in [4.69, 9.17) is 69.6 Å². The van der Waals surface area contributed by atoms with Gasteiger partial charge in [0.15, 0.2) is 4.33 Å². The van der Waals surface area contributed by atoms with Crippen molar-refractivity contribution < 1.29 is 9.59 Å². The molecule has 3 saturated carbocycles. The van der Waals surface area contributed by atoms with Crippen molar-refractivity contribution in [2.24, 2.45) is 23.7 Å². The van der Waals surface area contributed by atoms with E-state index in [9.17, 15) is 9.59 Å². The number of carbonyl (C=O) groups excluding carboxylic acids is 2. The van der Waals surface area contributed by atoms with Crippen LogP contribution < -0.4 is 0 Å². The van der Waals surface area contributed by atoms with Gasteiger partial charge in [-0.1, -0.05) is 65.7 Å². The third-order valence-electron chi connectivity index (χ3n) is 7.80. The molecule has 1 saturated heterocycles. The summed E-state index contributed by atoms with van der Waals surface area (Å²) in [6.45, 7) is 0. The molecule has 0 N–H and O–H groups in total. The summed E-state index contributed by atoms with van der Waals surface area (Å²) in [5.74, 6) is -1.65. The average Bonchev–Trinajstić information content (AvgIpc) is 3.04. The molecule has 2 bridgehead atoms. The normalized spacial score (nSPS) is 47.7. The molecule has 0 aromatic carbocycles. The van der Waals surface area contributed by atoms with Crippen molar-refractivity contribution in [3.05, 3.63) is 10.1 Å². The highest BCUT2D eigenvalue weighted by Gasteiger charge is 2.83. The van der Waals surface area contributed by atoms with Crippen LogP contribution in [0.15, 0.2) is 10.1 Å². The number of rotatable bonds is 1. The molecule has 0 radical (unpaired) electrons. The number of hydrogen-bond acceptors (Lipinski definition) is 2. The van der Waals surface area contributed by atoms with Crippen molar-refractivity contribution in [1.29, 1.82) is 0 Å². The molecule has 6 atom stereocenters. The van der Waals surface area contributed by atoms with Crippen LogP contribution in [-0.2, 0) is 9.59 Å². The third-order valence-corrected chi connectivity index (χ3v) is 12.2. The predicted molar refractivity (Wildman–Crippen MR) is 112 cm³/mol. The largest absolute Gasteiger partial charge is 0.279 e. The lowest BCUT2D eigenvalue weighted by Crippen LogP contribution is -2.45. The molecule has 1 heterocycles. The first-order valence-electron chi connectivity index (χ1n) is 9.77. The first kappa shape index (κ1) is 20.5. The lowest BCUT2D eigenvalue weighted by atomic mass is 9.65. The molecule has 5 aliphatic rings. The highest BCUT2D eigenvalue weighted by Crippen LogP contribution is 2.79. The minimum Gasteiger partial charge on any atom is -0.279 e. The second kappa shape index (κ2) is 6.33. The van der Waals surface area contributed by atoms with Crippen LogP contribution in [0.25, 0.3) is 0 Å². The lowest BCUT2D eigenvalue weighted by Gasteiger charge is -2.42. The summed E-state index contributed by atoms with van der Waals surface area (Å²) in [4.78, 5) is 25.3. The van der Waals surface area contributed by atoms with Gasteiger partial charge in [0.1, 0.15) is 9.75 Å². The Morgan fingerprint density at radius 1 is 0.750 bits per heavy atom. The molecule has 28 heavy (non-hydrogen) atoms. The zero-order valence-electron chi connectivity index (χ0n) is 14.9. The van der Waals surface area contributed by atoms with Gasteiger partial charge in [0.05, 0.1) is 21.9 Å². The summed E-state index contributed by atoms with van der Waals surface area (Å²) in [5, 5.41) is 0.327. The van der Waals surface area contributed by atoms with E-state index in [2.05, 4.69) is 0 Å². The zero-order valence-corrected chi connectivity index (χ0v) is 19.4. The molecule has 1 aliphatic heterocycles. The van der Waals surface area contributed by atoms with Gasteiger partial charge in [-0.25, -0.2) is 0 Å². The minimum atomic E-state index is -1.61. The van der Waals surface area contributed by atoms with Crippen LogP contribution in [0, 0.1) is 23.7 Å². The molecule has 0 aromatic heterocycles. The van der Waals surface area contributed by atoms with Gasteiger partial charge in [-0.3, -0.25) is 14.5 Å². The van der Waals surface area contributed by atoms with E-state index in [0.29, 0.717) is 12.8 Å². The number of likely N-dealkylation sites (tertiary alicyclic amines) is 1. The Hall–Kier alpha value is 0.620. The van der Waals surface area contributed by atoms with Gasteiger partial charge < -0.3 is 0 Å². The Morgan fingerprint density at radius 2 is 1.18 bits per heavy atom. The number of carbonyl (C=O) groups is 2. The second-order valence-electron chi connectivity index (χ2n) is 8.86. The fourth-order valence-electron chi connectivity index (χ4n) is 6.45. The first-order chi connectivity index (χ1) is 13.1. The quantitative estimate of drug-likeness (QED) is 0.334. The van der Waals surface area contributed by atoms with E-state index in [-0.39, 0.29) is 39.8 Å². The summed E-state index contributed by atoms with van der Waals surface area (Å²) >= 11 is 40.1. The maximum atomic E-state index is 13.2. The highest BCUT2D eigenvalue weighted by molar-refractivity contribution is 6.65. The van der Waals surface area contributed by atoms with Crippen molar-refractivity contribution in [3.63, 3.8) is 0 Å². The van der Waals surface area contributed by atoms with Crippen LogP contribution in [0.4, 0.5) is 0 Å². The zero-order chi connectivity index (χ0) is 20.2.